The van der Waals surface area contributed by atoms with E-state index < -0.39 is 0 Å². The van der Waals surface area contributed by atoms with Gasteiger partial charge in [-0.1, -0.05) is 37.8 Å². The number of hydrogen-bond acceptors (Lipinski definition) is 3. The Hall–Kier alpha value is -1.34. The lowest BCUT2D eigenvalue weighted by Crippen LogP contribution is -2.36. The highest BCUT2D eigenvalue weighted by Gasteiger charge is 2.14. The van der Waals surface area contributed by atoms with Crippen molar-refractivity contribution < 1.29 is 10.2 Å². The van der Waals surface area contributed by atoms with Gasteiger partial charge in [0.2, 0.25) is 0 Å². The minimum absolute atomic E-state index is 0.116. The van der Waals surface area contributed by atoms with Crippen LogP contribution in [-0.2, 0) is 6.54 Å². The molecule has 0 amide bonds. The second-order valence-electron chi connectivity index (χ2n) is 4.82. The number of hydrogen-bond donors (Lipinski definition) is 2. The first-order valence-electron chi connectivity index (χ1n) is 7.28. The van der Waals surface area contributed by atoms with Crippen LogP contribution in [0.25, 0.3) is 0 Å². The minimum Gasteiger partial charge on any atom is -0.395 e. The lowest BCUT2D eigenvalue weighted by Gasteiger charge is -2.29. The molecular weight excluding hydrogens is 250 g/mol. The fraction of sp³-hybridized carbons (Fsp3) is 0.529. The molecule has 3 nitrogen and oxygen atoms in total. The largest absolute Gasteiger partial charge is 0.395 e. The van der Waals surface area contributed by atoms with E-state index in [1.165, 1.54) is 5.56 Å². The fourth-order valence-corrected chi connectivity index (χ4v) is 2.45. The van der Waals surface area contributed by atoms with Crippen LogP contribution in [0.4, 0.5) is 0 Å². The van der Waals surface area contributed by atoms with Crippen molar-refractivity contribution in [3.05, 3.63) is 35.4 Å². The molecule has 0 heterocycles. The maximum Gasteiger partial charge on any atom is 0.104 e. The maximum atomic E-state index is 9.23. The predicted octanol–water partition coefficient (Wildman–Crippen LogP) is 2.01. The Balaban J connectivity index is 2.82. The van der Waals surface area contributed by atoms with Crippen LogP contribution >= 0.6 is 0 Å². The number of benzene rings is 1. The molecule has 0 saturated heterocycles. The third-order valence-corrected chi connectivity index (χ3v) is 3.47. The molecule has 1 aromatic rings. The van der Waals surface area contributed by atoms with Crippen LogP contribution in [0.3, 0.4) is 0 Å². The summed E-state index contributed by atoms with van der Waals surface area (Å²) in [6.45, 7) is 5.94. The molecule has 1 rings (SSSR count). The monoisotopic (exact) mass is 275 g/mol. The van der Waals surface area contributed by atoms with E-state index in [4.69, 9.17) is 5.11 Å². The third-order valence-electron chi connectivity index (χ3n) is 3.47. The molecule has 20 heavy (non-hydrogen) atoms. The highest BCUT2D eigenvalue weighted by Crippen LogP contribution is 2.14. The van der Waals surface area contributed by atoms with Crippen LogP contribution in [0.2, 0.25) is 0 Å². The van der Waals surface area contributed by atoms with Gasteiger partial charge < -0.3 is 10.2 Å². The normalized spacial score (nSPS) is 10.7. The van der Waals surface area contributed by atoms with Gasteiger partial charge in [0.15, 0.2) is 0 Å². The summed E-state index contributed by atoms with van der Waals surface area (Å²) < 4.78 is 0. The van der Waals surface area contributed by atoms with Crippen LogP contribution in [0.5, 0.6) is 0 Å². The first-order chi connectivity index (χ1) is 9.74. The molecule has 0 fully saturated rings. The predicted molar refractivity (Wildman–Crippen MR) is 82.3 cm³/mol. The van der Waals surface area contributed by atoms with Crippen LogP contribution in [0.1, 0.15) is 37.8 Å². The Bertz CT molecular complexity index is 444. The van der Waals surface area contributed by atoms with E-state index in [-0.39, 0.29) is 13.2 Å². The fourth-order valence-electron chi connectivity index (χ4n) is 2.45. The smallest absolute Gasteiger partial charge is 0.104 e. The van der Waals surface area contributed by atoms with Crippen molar-refractivity contribution in [2.75, 3.05) is 19.8 Å². The summed E-state index contributed by atoms with van der Waals surface area (Å²) in [5, 5.41) is 18.0. The minimum atomic E-state index is -0.116. The van der Waals surface area contributed by atoms with E-state index in [1.807, 2.05) is 12.1 Å². The molecule has 0 aliphatic heterocycles. The molecule has 0 aliphatic carbocycles. The summed E-state index contributed by atoms with van der Waals surface area (Å²) in [5.41, 5.74) is 2.11. The van der Waals surface area contributed by atoms with Gasteiger partial charge in [-0.25, -0.2) is 0 Å². The summed E-state index contributed by atoms with van der Waals surface area (Å²) in [7, 11) is 0. The van der Waals surface area contributed by atoms with Gasteiger partial charge in [-0.15, -0.1) is 0 Å². The summed E-state index contributed by atoms with van der Waals surface area (Å²) in [4.78, 5) is 2.32. The lowest BCUT2D eigenvalue weighted by atomic mass is 10.1. The topological polar surface area (TPSA) is 43.7 Å². The third kappa shape index (κ3) is 5.34. The molecule has 0 unspecified atom stereocenters. The molecule has 0 radical (unpaired) electrons. The zero-order valence-electron chi connectivity index (χ0n) is 12.5. The first kappa shape index (κ1) is 16.7. The van der Waals surface area contributed by atoms with Crippen molar-refractivity contribution in [2.45, 2.75) is 39.3 Å². The second-order valence-corrected chi connectivity index (χ2v) is 4.82. The van der Waals surface area contributed by atoms with Gasteiger partial charge in [0.25, 0.3) is 0 Å². The van der Waals surface area contributed by atoms with Gasteiger partial charge in [0.1, 0.15) is 6.61 Å². The summed E-state index contributed by atoms with van der Waals surface area (Å²) in [6.07, 6.45) is 2.17. The van der Waals surface area contributed by atoms with Gasteiger partial charge in [0, 0.05) is 24.7 Å². The standard InChI is InChI=1S/C17H25NO2/c1-3-17(4-2)18(10-12-20)14-16-8-5-7-15(13-16)9-6-11-19/h5,7-8,13,17,19-20H,3-4,10-12,14H2,1-2H3. The van der Waals surface area contributed by atoms with Gasteiger partial charge in [-0.05, 0) is 30.5 Å². The van der Waals surface area contributed by atoms with Gasteiger partial charge in [-0.2, -0.15) is 0 Å². The molecule has 0 atom stereocenters. The van der Waals surface area contributed by atoms with E-state index >= 15 is 0 Å². The zero-order chi connectivity index (χ0) is 14.8. The van der Waals surface area contributed by atoms with E-state index in [1.54, 1.807) is 0 Å². The summed E-state index contributed by atoms with van der Waals surface area (Å²) in [5.74, 6) is 5.60. The van der Waals surface area contributed by atoms with Crippen molar-refractivity contribution in [2.24, 2.45) is 0 Å². The molecule has 0 aliphatic rings. The molecule has 1 aromatic carbocycles. The SMILES string of the molecule is CCC(CC)N(CCO)Cc1cccc(C#CCO)c1. The number of aliphatic hydroxyl groups excluding tert-OH is 2. The van der Waals surface area contributed by atoms with E-state index in [0.717, 1.165) is 24.9 Å². The van der Waals surface area contributed by atoms with Crippen molar-refractivity contribution in [1.29, 1.82) is 0 Å². The highest BCUT2D eigenvalue weighted by molar-refractivity contribution is 5.37. The Kier molecular flexibility index (Phi) is 7.98. The van der Waals surface area contributed by atoms with Crippen LogP contribution in [0.15, 0.2) is 24.3 Å². The molecule has 3 heteroatoms. The maximum absolute atomic E-state index is 9.23. The van der Waals surface area contributed by atoms with Crippen LogP contribution in [0, 0.1) is 11.8 Å². The Labute approximate surface area is 122 Å². The molecule has 2 N–H and O–H groups in total. The molecule has 0 bridgehead atoms. The average molecular weight is 275 g/mol. The summed E-state index contributed by atoms with van der Waals surface area (Å²) in [6, 6.07) is 8.56. The van der Waals surface area contributed by atoms with Gasteiger partial charge in [0.05, 0.1) is 6.61 Å². The Morgan fingerprint density at radius 1 is 1.20 bits per heavy atom. The van der Waals surface area contributed by atoms with Crippen molar-refractivity contribution in [3.63, 3.8) is 0 Å². The van der Waals surface area contributed by atoms with Crippen molar-refractivity contribution >= 4 is 0 Å². The molecular formula is C17H25NO2. The molecule has 0 spiro atoms. The average Bonchev–Trinajstić information content (AvgIpc) is 2.47. The van der Waals surface area contributed by atoms with Gasteiger partial charge >= 0.3 is 0 Å². The van der Waals surface area contributed by atoms with E-state index in [9.17, 15) is 5.11 Å². The van der Waals surface area contributed by atoms with Gasteiger partial charge in [-0.3, -0.25) is 4.90 Å². The highest BCUT2D eigenvalue weighted by atomic mass is 16.3. The molecule has 110 valence electrons. The Morgan fingerprint density at radius 2 is 1.95 bits per heavy atom. The Morgan fingerprint density at radius 3 is 2.55 bits per heavy atom. The number of aliphatic hydroxyl groups is 2. The quantitative estimate of drug-likeness (QED) is 0.748. The van der Waals surface area contributed by atoms with Crippen LogP contribution < -0.4 is 0 Å². The molecule has 0 saturated carbocycles. The second kappa shape index (κ2) is 9.55. The van der Waals surface area contributed by atoms with E-state index in [2.05, 4.69) is 42.7 Å². The van der Waals surface area contributed by atoms with E-state index in [0.29, 0.717) is 12.6 Å². The number of rotatable bonds is 7. The summed E-state index contributed by atoms with van der Waals surface area (Å²) >= 11 is 0. The first-order valence-corrected chi connectivity index (χ1v) is 7.28. The van der Waals surface area contributed by atoms with Crippen molar-refractivity contribution in [1.82, 2.24) is 4.90 Å². The number of nitrogens with zero attached hydrogens (tertiary/aromatic N) is 1. The lowest BCUT2D eigenvalue weighted by molar-refractivity contribution is 0.136. The van der Waals surface area contributed by atoms with Crippen LogP contribution in [-0.4, -0.2) is 40.9 Å². The van der Waals surface area contributed by atoms with Crippen molar-refractivity contribution in [3.8, 4) is 11.8 Å². The zero-order valence-corrected chi connectivity index (χ0v) is 12.5. The molecule has 0 aromatic heterocycles.